The fourth-order valence-electron chi connectivity index (χ4n) is 2.33. The second-order valence-corrected chi connectivity index (χ2v) is 4.47. The number of hydrogen-bond donors (Lipinski definition) is 2. The van der Waals surface area contributed by atoms with Crippen molar-refractivity contribution in [3.63, 3.8) is 0 Å². The van der Waals surface area contributed by atoms with Gasteiger partial charge in [-0.3, -0.25) is 0 Å². The molecule has 0 aliphatic rings. The largest absolute Gasteiger partial charge is 0.366 e. The Morgan fingerprint density at radius 3 is 2.90 bits per heavy atom. The van der Waals surface area contributed by atoms with Crippen LogP contribution in [-0.2, 0) is 0 Å². The van der Waals surface area contributed by atoms with Crippen molar-refractivity contribution in [2.24, 2.45) is 0 Å². The quantitative estimate of drug-likeness (QED) is 0.548. The van der Waals surface area contributed by atoms with E-state index in [-0.39, 0.29) is 5.95 Å². The monoisotopic (exact) mass is 262 g/mol. The average molecular weight is 262 g/mol. The Hall–Kier alpha value is -3.02. The van der Waals surface area contributed by atoms with Gasteiger partial charge in [-0.1, -0.05) is 6.07 Å². The van der Waals surface area contributed by atoms with Crippen molar-refractivity contribution in [2.75, 3.05) is 5.73 Å². The molecule has 0 saturated heterocycles. The summed E-state index contributed by atoms with van der Waals surface area (Å²) in [5.41, 5.74) is 10.00. The third-order valence-corrected chi connectivity index (χ3v) is 3.24. The third kappa shape index (κ3) is 1.58. The van der Waals surface area contributed by atoms with Crippen LogP contribution in [0.15, 0.2) is 42.7 Å². The van der Waals surface area contributed by atoms with Gasteiger partial charge in [0.25, 0.3) is 0 Å². The lowest BCUT2D eigenvalue weighted by Crippen LogP contribution is -1.97. The second-order valence-electron chi connectivity index (χ2n) is 4.47. The van der Waals surface area contributed by atoms with Gasteiger partial charge in [-0.05, 0) is 35.4 Å². The number of pyridine rings is 1. The molecule has 6 heteroatoms. The van der Waals surface area contributed by atoms with E-state index in [1.807, 2.05) is 36.5 Å². The van der Waals surface area contributed by atoms with Crippen LogP contribution in [-0.4, -0.2) is 25.1 Å². The molecule has 0 radical (unpaired) electrons. The molecule has 0 aliphatic heterocycles. The molecule has 1 aromatic carbocycles. The van der Waals surface area contributed by atoms with Crippen LogP contribution >= 0.6 is 0 Å². The van der Waals surface area contributed by atoms with E-state index in [4.69, 9.17) is 5.73 Å². The Kier molecular flexibility index (Phi) is 2.17. The highest BCUT2D eigenvalue weighted by Gasteiger charge is 2.07. The number of aromatic nitrogens is 5. The molecule has 0 fully saturated rings. The molecule has 20 heavy (non-hydrogen) atoms. The van der Waals surface area contributed by atoms with Crippen molar-refractivity contribution in [2.45, 2.75) is 0 Å². The van der Waals surface area contributed by atoms with Gasteiger partial charge in [0, 0.05) is 17.8 Å². The zero-order chi connectivity index (χ0) is 13.5. The summed E-state index contributed by atoms with van der Waals surface area (Å²) < 4.78 is 0. The maximum absolute atomic E-state index is 5.54. The van der Waals surface area contributed by atoms with Crippen LogP contribution in [0.25, 0.3) is 33.2 Å². The molecule has 0 spiro atoms. The van der Waals surface area contributed by atoms with Gasteiger partial charge in [-0.15, -0.1) is 10.2 Å². The molecule has 0 unspecified atom stereocenters. The van der Waals surface area contributed by atoms with Gasteiger partial charge in [-0.2, -0.15) is 0 Å². The normalized spacial score (nSPS) is 11.2. The van der Waals surface area contributed by atoms with E-state index < -0.39 is 0 Å². The van der Waals surface area contributed by atoms with Gasteiger partial charge in [0.05, 0.1) is 5.52 Å². The number of nitrogens with two attached hydrogens (primary N) is 1. The molecule has 3 aromatic heterocycles. The molecule has 4 aromatic rings. The van der Waals surface area contributed by atoms with E-state index in [0.29, 0.717) is 0 Å². The van der Waals surface area contributed by atoms with Crippen LogP contribution in [0, 0.1) is 0 Å². The number of H-pyrrole nitrogens is 1. The summed E-state index contributed by atoms with van der Waals surface area (Å²) in [5.74, 6) is 0.183. The molecule has 4 rings (SSSR count). The predicted molar refractivity (Wildman–Crippen MR) is 76.8 cm³/mol. The van der Waals surface area contributed by atoms with Crippen LogP contribution in [0.5, 0.6) is 0 Å². The number of aromatic amines is 1. The summed E-state index contributed by atoms with van der Waals surface area (Å²) in [6.45, 7) is 0. The van der Waals surface area contributed by atoms with Crippen LogP contribution in [0.3, 0.4) is 0 Å². The summed E-state index contributed by atoms with van der Waals surface area (Å²) in [5, 5.41) is 8.94. The van der Waals surface area contributed by atoms with Crippen molar-refractivity contribution in [3.8, 4) is 11.1 Å². The minimum atomic E-state index is 0.183. The summed E-state index contributed by atoms with van der Waals surface area (Å²) in [7, 11) is 0. The van der Waals surface area contributed by atoms with Crippen molar-refractivity contribution in [1.29, 1.82) is 0 Å². The van der Waals surface area contributed by atoms with Gasteiger partial charge >= 0.3 is 0 Å². The summed E-state index contributed by atoms with van der Waals surface area (Å²) in [4.78, 5) is 11.5. The number of nitrogens with one attached hydrogen (secondary N) is 1. The molecule has 0 aliphatic carbocycles. The molecule has 0 atom stereocenters. The molecule has 0 saturated carbocycles. The lowest BCUT2D eigenvalue weighted by Gasteiger charge is -2.04. The number of hydrogen-bond acceptors (Lipinski definition) is 5. The second kappa shape index (κ2) is 3.99. The minimum Gasteiger partial charge on any atom is -0.366 e. The Labute approximate surface area is 113 Å². The highest BCUT2D eigenvalue weighted by atomic mass is 15.2. The first-order valence-corrected chi connectivity index (χ1v) is 6.14. The smallest absolute Gasteiger partial charge is 0.240 e. The fraction of sp³-hybridized carbons (Fsp3) is 0. The first-order chi connectivity index (χ1) is 9.81. The highest BCUT2D eigenvalue weighted by molar-refractivity contribution is 5.95. The van der Waals surface area contributed by atoms with Gasteiger partial charge in [0.2, 0.25) is 5.95 Å². The zero-order valence-electron chi connectivity index (χ0n) is 10.4. The molecule has 3 heterocycles. The highest BCUT2D eigenvalue weighted by Crippen LogP contribution is 2.28. The SMILES string of the molecule is Nc1nnc2cc(-c3ccnc4[nH]ccc34)ccc2n1. The zero-order valence-corrected chi connectivity index (χ0v) is 10.4. The van der Waals surface area contributed by atoms with Gasteiger partial charge < -0.3 is 10.7 Å². The Morgan fingerprint density at radius 1 is 1.00 bits per heavy atom. The van der Waals surface area contributed by atoms with Crippen molar-refractivity contribution in [3.05, 3.63) is 42.7 Å². The fourth-order valence-corrected chi connectivity index (χ4v) is 2.33. The van der Waals surface area contributed by atoms with Gasteiger partial charge in [0.15, 0.2) is 0 Å². The Bertz CT molecular complexity index is 927. The summed E-state index contributed by atoms with van der Waals surface area (Å²) in [6, 6.07) is 9.84. The van der Waals surface area contributed by atoms with Crippen LogP contribution in [0.2, 0.25) is 0 Å². The van der Waals surface area contributed by atoms with E-state index in [9.17, 15) is 0 Å². The lowest BCUT2D eigenvalue weighted by molar-refractivity contribution is 1.04. The van der Waals surface area contributed by atoms with Gasteiger partial charge in [-0.25, -0.2) is 9.97 Å². The van der Waals surface area contributed by atoms with E-state index >= 15 is 0 Å². The maximum Gasteiger partial charge on any atom is 0.240 e. The Morgan fingerprint density at radius 2 is 1.95 bits per heavy atom. The van der Waals surface area contributed by atoms with Crippen LogP contribution < -0.4 is 5.73 Å². The van der Waals surface area contributed by atoms with Crippen molar-refractivity contribution < 1.29 is 0 Å². The summed E-state index contributed by atoms with van der Waals surface area (Å²) >= 11 is 0. The predicted octanol–water partition coefficient (Wildman–Crippen LogP) is 2.15. The topological polar surface area (TPSA) is 93.4 Å². The molecular weight excluding hydrogens is 252 g/mol. The molecular formula is C14H10N6. The number of fused-ring (bicyclic) bond motifs is 2. The molecule has 0 bridgehead atoms. The van der Waals surface area contributed by atoms with E-state index in [1.54, 1.807) is 6.20 Å². The lowest BCUT2D eigenvalue weighted by atomic mass is 10.0. The number of rotatable bonds is 1. The molecule has 96 valence electrons. The van der Waals surface area contributed by atoms with E-state index in [1.165, 1.54) is 0 Å². The number of benzene rings is 1. The van der Waals surface area contributed by atoms with Crippen LogP contribution in [0.4, 0.5) is 5.95 Å². The maximum atomic E-state index is 5.54. The van der Waals surface area contributed by atoms with E-state index in [0.717, 1.165) is 33.2 Å². The number of nitrogens with zero attached hydrogens (tertiary/aromatic N) is 4. The first-order valence-electron chi connectivity index (χ1n) is 6.14. The third-order valence-electron chi connectivity index (χ3n) is 3.24. The number of nitrogen functional groups attached to an aromatic ring is 1. The molecule has 3 N–H and O–H groups in total. The summed E-state index contributed by atoms with van der Waals surface area (Å²) in [6.07, 6.45) is 3.66. The van der Waals surface area contributed by atoms with Gasteiger partial charge in [0.1, 0.15) is 11.2 Å². The van der Waals surface area contributed by atoms with Crippen LogP contribution in [0.1, 0.15) is 0 Å². The molecule has 6 nitrogen and oxygen atoms in total. The van der Waals surface area contributed by atoms with E-state index in [2.05, 4.69) is 25.1 Å². The first kappa shape index (κ1) is 10.9. The van der Waals surface area contributed by atoms with Crippen molar-refractivity contribution >= 4 is 28.0 Å². The Balaban J connectivity index is 1.98. The average Bonchev–Trinajstić information content (AvgIpc) is 2.95. The van der Waals surface area contributed by atoms with Crippen molar-refractivity contribution in [1.82, 2.24) is 25.1 Å². The molecule has 0 amide bonds. The standard InChI is InChI=1S/C14H10N6/c15-14-18-11-2-1-8(7-12(11)19-20-14)9-3-5-16-13-10(9)4-6-17-13/h1-7H,(H,16,17)(H2,15,18,20). The minimum absolute atomic E-state index is 0.183. The number of anilines is 1.